The maximum atomic E-state index is 2.35. The second kappa shape index (κ2) is 17.7. The minimum Gasteiger partial charge on any atom is -0.309 e. The standard InChI is InChI=1S/C25H19N.C19H16.C13H12/c1-18-11-13-19(14-12-18)20-15-16-25-23(17-20)22-9-5-6-10-24(22)26(25)21-7-3-2-4-8-21;1-15-7-9-17(10-8-15)19-13-11-18(12-14-19)16-5-3-2-4-6-16;1-11-7-9-13(10-8-11)12-5-3-2-4-6-12/h2-17H,1H3;2-14H,1H3;2-10H,1H3. The van der Waals surface area contributed by atoms with Gasteiger partial charge in [0.1, 0.15) is 0 Å². The van der Waals surface area contributed by atoms with Gasteiger partial charge in [-0.25, -0.2) is 0 Å². The lowest BCUT2D eigenvalue weighted by molar-refractivity contribution is 1.18. The van der Waals surface area contributed by atoms with Gasteiger partial charge in [-0.2, -0.15) is 0 Å². The Balaban J connectivity index is 0.000000129. The van der Waals surface area contributed by atoms with E-state index < -0.39 is 0 Å². The monoisotopic (exact) mass is 745 g/mol. The molecule has 0 atom stereocenters. The van der Waals surface area contributed by atoms with E-state index >= 15 is 0 Å². The summed E-state index contributed by atoms with van der Waals surface area (Å²) in [5, 5.41) is 2.59. The molecule has 0 spiro atoms. The van der Waals surface area contributed by atoms with E-state index in [0.29, 0.717) is 0 Å². The highest BCUT2D eigenvalue weighted by Gasteiger charge is 2.12. The summed E-state index contributed by atoms with van der Waals surface area (Å²) in [6.45, 7) is 6.34. The molecular formula is C57H47N. The SMILES string of the molecule is Cc1ccc(-c2ccc(-c3ccccc3)cc2)cc1.Cc1ccc(-c2ccc3c(c2)c2ccccc2n3-c2ccccc2)cc1.Cc1ccc(-c2ccccc2)cc1. The molecule has 1 aromatic heterocycles. The lowest BCUT2D eigenvalue weighted by Gasteiger charge is -2.08. The van der Waals surface area contributed by atoms with Crippen molar-refractivity contribution in [3.05, 3.63) is 247 Å². The van der Waals surface area contributed by atoms with E-state index in [-0.39, 0.29) is 0 Å². The van der Waals surface area contributed by atoms with E-state index in [1.54, 1.807) is 0 Å². The van der Waals surface area contributed by atoms with E-state index in [1.165, 1.54) is 88.7 Å². The molecule has 0 saturated carbocycles. The number of benzene rings is 9. The first kappa shape index (κ1) is 37.7. The highest BCUT2D eigenvalue weighted by molar-refractivity contribution is 6.10. The predicted octanol–water partition coefficient (Wildman–Crippen LogP) is 15.8. The molecule has 0 radical (unpaired) electrons. The molecule has 0 amide bonds. The third-order valence-corrected chi connectivity index (χ3v) is 10.6. The van der Waals surface area contributed by atoms with Crippen molar-refractivity contribution in [1.82, 2.24) is 4.57 Å². The van der Waals surface area contributed by atoms with Gasteiger partial charge in [-0.3, -0.25) is 0 Å². The quantitative estimate of drug-likeness (QED) is 0.165. The minimum absolute atomic E-state index is 1.20. The number of aromatic nitrogens is 1. The van der Waals surface area contributed by atoms with Crippen LogP contribution in [-0.2, 0) is 0 Å². The summed E-state index contributed by atoms with van der Waals surface area (Å²) >= 11 is 0. The predicted molar refractivity (Wildman–Crippen MR) is 250 cm³/mol. The van der Waals surface area contributed by atoms with Gasteiger partial charge in [-0.05, 0) is 95.6 Å². The number of nitrogens with zero attached hydrogens (tertiary/aromatic N) is 1. The van der Waals surface area contributed by atoms with Crippen LogP contribution in [0.1, 0.15) is 16.7 Å². The second-order valence-corrected chi connectivity index (χ2v) is 14.8. The minimum atomic E-state index is 1.20. The van der Waals surface area contributed by atoms with Crippen LogP contribution >= 0.6 is 0 Å². The van der Waals surface area contributed by atoms with E-state index in [2.05, 4.69) is 244 Å². The van der Waals surface area contributed by atoms with Crippen LogP contribution in [0.3, 0.4) is 0 Å². The first-order valence-corrected chi connectivity index (χ1v) is 20.0. The first-order valence-electron chi connectivity index (χ1n) is 20.0. The average Bonchev–Trinajstić information content (AvgIpc) is 3.62. The Morgan fingerprint density at radius 1 is 0.241 bits per heavy atom. The molecule has 0 fully saturated rings. The molecule has 1 nitrogen and oxygen atoms in total. The van der Waals surface area contributed by atoms with Crippen LogP contribution in [0.5, 0.6) is 0 Å². The normalized spacial score (nSPS) is 10.7. The zero-order valence-corrected chi connectivity index (χ0v) is 33.4. The van der Waals surface area contributed by atoms with E-state index in [0.717, 1.165) is 0 Å². The lowest BCUT2D eigenvalue weighted by Crippen LogP contribution is -1.92. The van der Waals surface area contributed by atoms with Crippen molar-refractivity contribution in [3.63, 3.8) is 0 Å². The highest BCUT2D eigenvalue weighted by atomic mass is 15.0. The van der Waals surface area contributed by atoms with Gasteiger partial charge in [-0.1, -0.05) is 217 Å². The van der Waals surface area contributed by atoms with Crippen LogP contribution in [0.4, 0.5) is 0 Å². The Bertz CT molecular complexity index is 2830. The molecule has 0 saturated heterocycles. The lowest BCUT2D eigenvalue weighted by atomic mass is 10.00. The Labute approximate surface area is 343 Å². The Kier molecular flexibility index (Phi) is 11.5. The molecule has 280 valence electrons. The third kappa shape index (κ3) is 8.76. The highest BCUT2D eigenvalue weighted by Crippen LogP contribution is 2.35. The molecule has 1 heterocycles. The molecule has 10 aromatic rings. The summed E-state index contributed by atoms with van der Waals surface area (Å²) in [6.07, 6.45) is 0. The van der Waals surface area contributed by atoms with Crippen molar-refractivity contribution >= 4 is 21.8 Å². The van der Waals surface area contributed by atoms with Crippen molar-refractivity contribution in [1.29, 1.82) is 0 Å². The largest absolute Gasteiger partial charge is 0.309 e. The number of fused-ring (bicyclic) bond motifs is 3. The van der Waals surface area contributed by atoms with E-state index in [1.807, 2.05) is 12.1 Å². The van der Waals surface area contributed by atoms with Gasteiger partial charge in [0.15, 0.2) is 0 Å². The molecule has 0 unspecified atom stereocenters. The number of para-hydroxylation sites is 2. The van der Waals surface area contributed by atoms with Gasteiger partial charge in [0.05, 0.1) is 11.0 Å². The number of hydrogen-bond acceptors (Lipinski definition) is 0. The number of hydrogen-bond donors (Lipinski definition) is 0. The van der Waals surface area contributed by atoms with Gasteiger partial charge in [0.2, 0.25) is 0 Å². The topological polar surface area (TPSA) is 4.93 Å². The average molecular weight is 746 g/mol. The second-order valence-electron chi connectivity index (χ2n) is 14.8. The molecule has 58 heavy (non-hydrogen) atoms. The van der Waals surface area contributed by atoms with Gasteiger partial charge in [0.25, 0.3) is 0 Å². The third-order valence-electron chi connectivity index (χ3n) is 10.6. The zero-order chi connectivity index (χ0) is 39.7. The molecule has 0 bridgehead atoms. The maximum Gasteiger partial charge on any atom is 0.0541 e. The summed E-state index contributed by atoms with van der Waals surface area (Å²) < 4.78 is 2.35. The molecule has 0 N–H and O–H groups in total. The van der Waals surface area contributed by atoms with Crippen molar-refractivity contribution in [2.24, 2.45) is 0 Å². The van der Waals surface area contributed by atoms with Crippen molar-refractivity contribution < 1.29 is 0 Å². The van der Waals surface area contributed by atoms with Crippen LogP contribution in [0.15, 0.2) is 231 Å². The molecule has 10 rings (SSSR count). The Hall–Kier alpha value is -7.22. The number of aryl methyl sites for hydroxylation is 3. The maximum absolute atomic E-state index is 2.35. The van der Waals surface area contributed by atoms with Crippen molar-refractivity contribution in [3.8, 4) is 50.2 Å². The first-order chi connectivity index (χ1) is 28.5. The van der Waals surface area contributed by atoms with Gasteiger partial charge >= 0.3 is 0 Å². The molecule has 0 aliphatic heterocycles. The van der Waals surface area contributed by atoms with Gasteiger partial charge in [-0.15, -0.1) is 0 Å². The van der Waals surface area contributed by atoms with Gasteiger partial charge in [0, 0.05) is 16.5 Å². The van der Waals surface area contributed by atoms with Crippen LogP contribution in [0.2, 0.25) is 0 Å². The fraction of sp³-hybridized carbons (Fsp3) is 0.0526. The molecule has 0 aliphatic carbocycles. The molecular weight excluding hydrogens is 699 g/mol. The number of rotatable bonds is 5. The fourth-order valence-electron chi connectivity index (χ4n) is 7.36. The molecule has 1 heteroatoms. The van der Waals surface area contributed by atoms with Crippen molar-refractivity contribution in [2.75, 3.05) is 0 Å². The summed E-state index contributed by atoms with van der Waals surface area (Å²) in [5.41, 5.74) is 17.7. The fourth-order valence-corrected chi connectivity index (χ4v) is 7.36. The Morgan fingerprint density at radius 2 is 0.552 bits per heavy atom. The molecule has 0 aliphatic rings. The van der Waals surface area contributed by atoms with Crippen LogP contribution in [0, 0.1) is 20.8 Å². The van der Waals surface area contributed by atoms with Crippen LogP contribution in [0.25, 0.3) is 72.0 Å². The van der Waals surface area contributed by atoms with Crippen LogP contribution in [-0.4, -0.2) is 4.57 Å². The summed E-state index contributed by atoms with van der Waals surface area (Å²) in [7, 11) is 0. The summed E-state index contributed by atoms with van der Waals surface area (Å²) in [4.78, 5) is 0. The van der Waals surface area contributed by atoms with E-state index in [9.17, 15) is 0 Å². The zero-order valence-electron chi connectivity index (χ0n) is 33.4. The van der Waals surface area contributed by atoms with Gasteiger partial charge < -0.3 is 4.57 Å². The van der Waals surface area contributed by atoms with Crippen molar-refractivity contribution in [2.45, 2.75) is 20.8 Å². The van der Waals surface area contributed by atoms with Crippen LogP contribution < -0.4 is 0 Å². The Morgan fingerprint density at radius 3 is 1.00 bits per heavy atom. The molecule has 9 aromatic carbocycles. The summed E-state index contributed by atoms with van der Waals surface area (Å²) in [6, 6.07) is 81.7. The smallest absolute Gasteiger partial charge is 0.0541 e. The summed E-state index contributed by atoms with van der Waals surface area (Å²) in [5.74, 6) is 0. The van der Waals surface area contributed by atoms with E-state index in [4.69, 9.17) is 0 Å².